The van der Waals surface area contributed by atoms with Gasteiger partial charge in [-0.25, -0.2) is 0 Å². The van der Waals surface area contributed by atoms with Gasteiger partial charge in [0.1, 0.15) is 5.76 Å². The number of nitrogens with zero attached hydrogens (tertiary/aromatic N) is 2. The van der Waals surface area contributed by atoms with Crippen LogP contribution in [0.15, 0.2) is 33.5 Å². The van der Waals surface area contributed by atoms with Gasteiger partial charge in [0, 0.05) is 37.8 Å². The predicted molar refractivity (Wildman–Crippen MR) is 90.2 cm³/mol. The largest absolute Gasteiger partial charge is 0.456 e. The van der Waals surface area contributed by atoms with Crippen LogP contribution in [0.3, 0.4) is 0 Å². The molecule has 126 valence electrons. The van der Waals surface area contributed by atoms with E-state index in [1.54, 1.807) is 12.1 Å². The third-order valence-corrected chi connectivity index (χ3v) is 5.04. The molecule has 1 aliphatic heterocycles. The van der Waals surface area contributed by atoms with Crippen molar-refractivity contribution < 1.29 is 9.21 Å². The van der Waals surface area contributed by atoms with Crippen molar-refractivity contribution in [1.82, 2.24) is 9.47 Å². The Morgan fingerprint density at radius 1 is 1.17 bits per heavy atom. The molecule has 3 heterocycles. The lowest BCUT2D eigenvalue weighted by Gasteiger charge is -2.18. The van der Waals surface area contributed by atoms with Crippen molar-refractivity contribution in [2.45, 2.75) is 39.2 Å². The summed E-state index contributed by atoms with van der Waals surface area (Å²) >= 11 is 0. The molecule has 24 heavy (non-hydrogen) atoms. The Labute approximate surface area is 140 Å². The number of carbonyl (C=O) groups excluding carboxylic acids is 1. The number of aryl methyl sites for hydroxylation is 1. The van der Waals surface area contributed by atoms with Crippen molar-refractivity contribution in [3.05, 3.63) is 57.4 Å². The van der Waals surface area contributed by atoms with Gasteiger partial charge in [-0.1, -0.05) is 6.07 Å². The zero-order valence-electron chi connectivity index (χ0n) is 14.0. The molecule has 1 fully saturated rings. The molecule has 5 heteroatoms. The van der Waals surface area contributed by atoms with Crippen LogP contribution in [-0.4, -0.2) is 28.5 Å². The number of carbonyl (C=O) groups is 1. The van der Waals surface area contributed by atoms with E-state index in [1.807, 2.05) is 28.5 Å². The van der Waals surface area contributed by atoms with E-state index in [-0.39, 0.29) is 11.5 Å². The summed E-state index contributed by atoms with van der Waals surface area (Å²) in [5, 5.41) is 0. The monoisotopic (exact) mass is 326 g/mol. The molecule has 0 unspecified atom stereocenters. The van der Waals surface area contributed by atoms with E-state index in [4.69, 9.17) is 4.42 Å². The van der Waals surface area contributed by atoms with Gasteiger partial charge < -0.3 is 13.9 Å². The first-order chi connectivity index (χ1) is 11.6. The molecule has 0 saturated heterocycles. The molecule has 0 bridgehead atoms. The first kappa shape index (κ1) is 15.2. The van der Waals surface area contributed by atoms with Gasteiger partial charge in [-0.3, -0.25) is 9.59 Å². The minimum atomic E-state index is -0.0630. The fourth-order valence-electron chi connectivity index (χ4n) is 3.46. The van der Waals surface area contributed by atoms with E-state index in [2.05, 4.69) is 0 Å². The molecule has 0 spiro atoms. The Bertz CT molecular complexity index is 829. The Morgan fingerprint density at radius 2 is 1.96 bits per heavy atom. The Balaban J connectivity index is 1.57. The molecule has 2 aromatic heterocycles. The summed E-state index contributed by atoms with van der Waals surface area (Å²) in [6, 6.07) is 7.16. The molecule has 1 aliphatic carbocycles. The lowest BCUT2D eigenvalue weighted by molar-refractivity contribution is 0.0729. The van der Waals surface area contributed by atoms with Gasteiger partial charge in [0.2, 0.25) is 0 Å². The molecule has 1 saturated carbocycles. The molecule has 0 atom stereocenters. The Morgan fingerprint density at radius 3 is 2.67 bits per heavy atom. The van der Waals surface area contributed by atoms with Gasteiger partial charge in [-0.15, -0.1) is 0 Å². The van der Waals surface area contributed by atoms with Crippen molar-refractivity contribution in [1.29, 1.82) is 0 Å². The zero-order valence-corrected chi connectivity index (χ0v) is 14.0. The number of hydrogen-bond acceptors (Lipinski definition) is 3. The molecule has 0 aromatic carbocycles. The maximum atomic E-state index is 12.6. The van der Waals surface area contributed by atoms with Crippen molar-refractivity contribution in [2.75, 3.05) is 13.1 Å². The SMILES string of the molecule is Cc1ccc(C(=O)N2CCc3ccc(=O)n(CC4CC4)c3CC2)o1. The highest BCUT2D eigenvalue weighted by Crippen LogP contribution is 2.31. The van der Waals surface area contributed by atoms with Gasteiger partial charge in [0.05, 0.1) is 0 Å². The van der Waals surface area contributed by atoms with Gasteiger partial charge in [-0.05, 0) is 49.8 Å². The molecule has 2 aromatic rings. The average Bonchev–Trinajstić information content (AvgIpc) is 3.32. The van der Waals surface area contributed by atoms with Crippen LogP contribution in [0.5, 0.6) is 0 Å². The summed E-state index contributed by atoms with van der Waals surface area (Å²) in [6.07, 6.45) is 3.95. The minimum absolute atomic E-state index is 0.0630. The van der Waals surface area contributed by atoms with E-state index >= 15 is 0 Å². The number of aromatic nitrogens is 1. The van der Waals surface area contributed by atoms with Gasteiger partial charge in [0.15, 0.2) is 5.76 Å². The summed E-state index contributed by atoms with van der Waals surface area (Å²) in [5.41, 5.74) is 2.39. The van der Waals surface area contributed by atoms with Crippen molar-refractivity contribution in [2.24, 2.45) is 5.92 Å². The molecular weight excluding hydrogens is 304 g/mol. The Hall–Kier alpha value is -2.30. The fourth-order valence-corrected chi connectivity index (χ4v) is 3.46. The molecular formula is C19H22N2O3. The van der Waals surface area contributed by atoms with Crippen molar-refractivity contribution >= 4 is 5.91 Å². The van der Waals surface area contributed by atoms with Crippen LogP contribution in [0, 0.1) is 12.8 Å². The van der Waals surface area contributed by atoms with Crippen LogP contribution in [0.25, 0.3) is 0 Å². The van der Waals surface area contributed by atoms with Crippen LogP contribution in [0.4, 0.5) is 0 Å². The summed E-state index contributed by atoms with van der Waals surface area (Å²) in [6.45, 7) is 3.95. The van der Waals surface area contributed by atoms with Gasteiger partial charge in [-0.2, -0.15) is 0 Å². The summed E-state index contributed by atoms with van der Waals surface area (Å²) in [7, 11) is 0. The van der Waals surface area contributed by atoms with Crippen molar-refractivity contribution in [3.63, 3.8) is 0 Å². The minimum Gasteiger partial charge on any atom is -0.456 e. The molecule has 0 N–H and O–H groups in total. The fraction of sp³-hybridized carbons (Fsp3) is 0.474. The van der Waals surface area contributed by atoms with Crippen LogP contribution in [0.1, 0.15) is 40.4 Å². The van der Waals surface area contributed by atoms with E-state index in [0.29, 0.717) is 24.8 Å². The number of hydrogen-bond donors (Lipinski definition) is 0. The number of fused-ring (bicyclic) bond motifs is 1. The first-order valence-electron chi connectivity index (χ1n) is 8.69. The smallest absolute Gasteiger partial charge is 0.289 e. The molecule has 0 radical (unpaired) electrons. The second-order valence-corrected chi connectivity index (χ2v) is 6.90. The highest BCUT2D eigenvalue weighted by Gasteiger charge is 2.26. The van der Waals surface area contributed by atoms with E-state index < -0.39 is 0 Å². The third-order valence-electron chi connectivity index (χ3n) is 5.04. The average molecular weight is 326 g/mol. The number of rotatable bonds is 3. The summed E-state index contributed by atoms with van der Waals surface area (Å²) in [4.78, 5) is 26.7. The van der Waals surface area contributed by atoms with Crippen molar-refractivity contribution in [3.8, 4) is 0 Å². The lowest BCUT2D eigenvalue weighted by Crippen LogP contribution is -2.33. The van der Waals surface area contributed by atoms with Gasteiger partial charge >= 0.3 is 0 Å². The first-order valence-corrected chi connectivity index (χ1v) is 8.69. The van der Waals surface area contributed by atoms with Crippen LogP contribution in [-0.2, 0) is 19.4 Å². The maximum absolute atomic E-state index is 12.6. The van der Waals surface area contributed by atoms with E-state index in [1.165, 1.54) is 18.4 Å². The third kappa shape index (κ3) is 2.90. The Kier molecular flexibility index (Phi) is 3.79. The molecule has 2 aliphatic rings. The van der Waals surface area contributed by atoms with E-state index in [9.17, 15) is 9.59 Å². The summed E-state index contributed by atoms with van der Waals surface area (Å²) < 4.78 is 7.42. The van der Waals surface area contributed by atoms with Crippen LogP contribution < -0.4 is 5.56 Å². The lowest BCUT2D eigenvalue weighted by atomic mass is 10.1. The molecule has 1 amide bonds. The second kappa shape index (κ2) is 5.96. The number of amides is 1. The normalized spacial score (nSPS) is 17.5. The number of furan rings is 1. The van der Waals surface area contributed by atoms with Gasteiger partial charge in [0.25, 0.3) is 11.5 Å². The highest BCUT2D eigenvalue weighted by atomic mass is 16.3. The quantitative estimate of drug-likeness (QED) is 0.870. The number of pyridine rings is 1. The summed E-state index contributed by atoms with van der Waals surface area (Å²) in [5.74, 6) is 1.73. The van der Waals surface area contributed by atoms with Crippen LogP contribution >= 0.6 is 0 Å². The topological polar surface area (TPSA) is 55.5 Å². The predicted octanol–water partition coefficient (Wildman–Crippen LogP) is 2.40. The second-order valence-electron chi connectivity index (χ2n) is 6.90. The van der Waals surface area contributed by atoms with Crippen LogP contribution in [0.2, 0.25) is 0 Å². The molecule has 5 nitrogen and oxygen atoms in total. The highest BCUT2D eigenvalue weighted by molar-refractivity contribution is 5.91. The zero-order chi connectivity index (χ0) is 16.7. The van der Waals surface area contributed by atoms with E-state index in [0.717, 1.165) is 30.8 Å². The standard InChI is InChI=1S/C19H22N2O3/c1-13-2-6-17(24-13)19(23)20-10-8-15-5-7-18(22)21(12-14-3-4-14)16(15)9-11-20/h2,5-7,14H,3-4,8-12H2,1H3. The molecule has 4 rings (SSSR count). The maximum Gasteiger partial charge on any atom is 0.289 e.